The third-order valence-electron chi connectivity index (χ3n) is 4.94. The second-order valence-electron chi connectivity index (χ2n) is 7.28. The molecule has 7 heteroatoms. The van der Waals surface area contributed by atoms with Crippen LogP contribution in [-0.2, 0) is 20.1 Å². The van der Waals surface area contributed by atoms with Gasteiger partial charge in [-0.1, -0.05) is 54.6 Å². The van der Waals surface area contributed by atoms with Crippen LogP contribution in [0.5, 0.6) is 0 Å². The number of carbonyl (C=O) groups is 1. The summed E-state index contributed by atoms with van der Waals surface area (Å²) in [5.41, 5.74) is 5.79. The van der Waals surface area contributed by atoms with Crippen LogP contribution in [0, 0.1) is 12.6 Å². The van der Waals surface area contributed by atoms with Gasteiger partial charge in [0.15, 0.2) is 5.69 Å². The van der Waals surface area contributed by atoms with Crippen LogP contribution in [0.4, 0.5) is 5.69 Å². The Morgan fingerprint density at radius 3 is 2.22 bits per heavy atom. The van der Waals surface area contributed by atoms with Gasteiger partial charge in [-0.2, -0.15) is 0 Å². The monoisotopic (exact) mass is 648 g/mol. The van der Waals surface area contributed by atoms with Crippen molar-refractivity contribution in [3.05, 3.63) is 133 Å². The minimum absolute atomic E-state index is 0. The number of rotatable bonds is 4. The van der Waals surface area contributed by atoms with E-state index in [4.69, 9.17) is 16.7 Å². The molecule has 0 saturated carbocycles. The average Bonchev–Trinajstić information content (AvgIpc) is 2.94. The Kier molecular flexibility index (Phi) is 9.30. The smallest absolute Gasteiger partial charge is 0.354 e. The van der Waals surface area contributed by atoms with Gasteiger partial charge in [0, 0.05) is 38.2 Å². The quantitative estimate of drug-likeness (QED) is 0.222. The van der Waals surface area contributed by atoms with E-state index in [0.717, 1.165) is 33.8 Å². The molecule has 0 aliphatic carbocycles. The molecule has 0 saturated heterocycles. The van der Waals surface area contributed by atoms with Gasteiger partial charge in [0.1, 0.15) is 5.69 Å². The predicted octanol–water partition coefficient (Wildman–Crippen LogP) is 6.61. The molecule has 0 fully saturated rings. The zero-order chi connectivity index (χ0) is 24.5. The topological polar surface area (TPSA) is 80.3 Å². The van der Waals surface area contributed by atoms with Gasteiger partial charge in [-0.25, -0.2) is 14.6 Å². The Labute approximate surface area is 222 Å². The summed E-state index contributed by atoms with van der Waals surface area (Å²) in [6.07, 6.45) is 3.20. The van der Waals surface area contributed by atoms with Crippen molar-refractivity contribution in [3.63, 3.8) is 0 Å². The molecule has 0 aliphatic rings. The summed E-state index contributed by atoms with van der Waals surface area (Å²) in [4.78, 5) is 26.8. The van der Waals surface area contributed by atoms with Crippen LogP contribution in [0.25, 0.3) is 38.6 Å². The van der Waals surface area contributed by atoms with E-state index in [2.05, 4.69) is 20.9 Å². The minimum Gasteiger partial charge on any atom is -0.477 e. The van der Waals surface area contributed by atoms with Crippen molar-refractivity contribution >= 4 is 11.7 Å². The second kappa shape index (κ2) is 12.8. The van der Waals surface area contributed by atoms with Gasteiger partial charge < -0.3 is 10.1 Å². The molecule has 0 aliphatic heterocycles. The molecule has 0 unspecified atom stereocenters. The SMILES string of the molecule is O=C(O)c1ccccn1.[C-]#[N+]c1cccc(-c2cnc(-c3[c-]cccc3)c(-c3ccccc3)n2)c1.[Ir]. The van der Waals surface area contributed by atoms with E-state index in [-0.39, 0.29) is 25.8 Å². The van der Waals surface area contributed by atoms with Crippen molar-refractivity contribution in [2.45, 2.75) is 0 Å². The average molecular weight is 648 g/mol. The number of hydrogen-bond donors (Lipinski definition) is 1. The Bertz CT molecular complexity index is 1470. The third-order valence-corrected chi connectivity index (χ3v) is 4.94. The molecule has 0 spiro atoms. The molecule has 5 aromatic rings. The molecule has 2 heterocycles. The maximum atomic E-state index is 10.1. The fraction of sp³-hybridized carbons (Fsp3) is 0. The van der Waals surface area contributed by atoms with E-state index in [1.807, 2.05) is 72.8 Å². The Morgan fingerprint density at radius 1 is 0.833 bits per heavy atom. The van der Waals surface area contributed by atoms with Crippen LogP contribution in [0.3, 0.4) is 0 Å². The first kappa shape index (κ1) is 26.1. The fourth-order valence-corrected chi connectivity index (χ4v) is 3.29. The molecule has 177 valence electrons. The number of aromatic nitrogens is 3. The molecule has 1 N–H and O–H groups in total. The standard InChI is InChI=1S/C23H14N3.C6H5NO2.Ir/c1-24-20-14-8-13-19(15-20)21-16-25-22(17-9-4-2-5-10-17)23(26-21)18-11-6-3-7-12-18;8-6(9)5-3-1-2-4-7-5;/h2-9,11-16H;1-4H,(H,8,9);/q-1;;. The van der Waals surface area contributed by atoms with Crippen LogP contribution in [0.2, 0.25) is 0 Å². The van der Waals surface area contributed by atoms with E-state index in [1.165, 1.54) is 12.3 Å². The van der Waals surface area contributed by atoms with Crippen LogP contribution in [0.1, 0.15) is 10.5 Å². The summed E-state index contributed by atoms with van der Waals surface area (Å²) in [5, 5.41) is 8.32. The number of nitrogens with zero attached hydrogens (tertiary/aromatic N) is 4. The number of benzene rings is 3. The van der Waals surface area contributed by atoms with Gasteiger partial charge in [-0.3, -0.25) is 4.98 Å². The first-order chi connectivity index (χ1) is 17.2. The largest absolute Gasteiger partial charge is 0.477 e. The summed E-state index contributed by atoms with van der Waals surface area (Å²) in [7, 11) is 0. The molecule has 5 rings (SSSR count). The van der Waals surface area contributed by atoms with Crippen LogP contribution in [0.15, 0.2) is 109 Å². The second-order valence-corrected chi connectivity index (χ2v) is 7.28. The first-order valence-corrected chi connectivity index (χ1v) is 10.7. The van der Waals surface area contributed by atoms with E-state index >= 15 is 0 Å². The van der Waals surface area contributed by atoms with Gasteiger partial charge in [-0.15, -0.1) is 35.9 Å². The number of carboxylic acid groups (broad SMARTS) is 1. The molecule has 0 bridgehead atoms. The van der Waals surface area contributed by atoms with Gasteiger partial charge in [-0.05, 0) is 29.3 Å². The van der Waals surface area contributed by atoms with Crippen molar-refractivity contribution in [3.8, 4) is 33.8 Å². The van der Waals surface area contributed by atoms with Gasteiger partial charge in [0.2, 0.25) is 0 Å². The van der Waals surface area contributed by atoms with E-state index in [1.54, 1.807) is 24.4 Å². The summed E-state index contributed by atoms with van der Waals surface area (Å²) in [5.74, 6) is -0.990. The Balaban J connectivity index is 0.000000307. The number of hydrogen-bond acceptors (Lipinski definition) is 4. The molecular weight excluding hydrogens is 629 g/mol. The third kappa shape index (κ3) is 6.55. The van der Waals surface area contributed by atoms with Crippen molar-refractivity contribution in [2.75, 3.05) is 0 Å². The zero-order valence-corrected chi connectivity index (χ0v) is 21.3. The van der Waals surface area contributed by atoms with Crippen molar-refractivity contribution in [1.82, 2.24) is 15.0 Å². The van der Waals surface area contributed by atoms with E-state index < -0.39 is 5.97 Å². The maximum Gasteiger partial charge on any atom is 0.354 e. The van der Waals surface area contributed by atoms with Crippen LogP contribution >= 0.6 is 0 Å². The molecular formula is C29H19IrN4O2-. The van der Waals surface area contributed by atoms with E-state index in [0.29, 0.717) is 5.69 Å². The molecule has 2 aromatic heterocycles. The summed E-state index contributed by atoms with van der Waals surface area (Å²) in [6.45, 7) is 7.21. The maximum absolute atomic E-state index is 10.1. The Hall–Kier alpha value is -4.50. The van der Waals surface area contributed by atoms with Crippen molar-refractivity contribution in [1.29, 1.82) is 0 Å². The number of aromatic carboxylic acids is 1. The van der Waals surface area contributed by atoms with Crippen LogP contribution in [-0.4, -0.2) is 26.0 Å². The summed E-state index contributed by atoms with van der Waals surface area (Å²) in [6, 6.07) is 33.2. The number of pyridine rings is 1. The predicted molar refractivity (Wildman–Crippen MR) is 135 cm³/mol. The van der Waals surface area contributed by atoms with Gasteiger partial charge in [0.25, 0.3) is 0 Å². The van der Waals surface area contributed by atoms with E-state index in [9.17, 15) is 4.79 Å². The van der Waals surface area contributed by atoms with Crippen molar-refractivity contribution < 1.29 is 30.0 Å². The minimum atomic E-state index is -0.990. The van der Waals surface area contributed by atoms with Gasteiger partial charge in [0.05, 0.1) is 18.0 Å². The Morgan fingerprint density at radius 2 is 1.58 bits per heavy atom. The molecule has 0 atom stereocenters. The van der Waals surface area contributed by atoms with Gasteiger partial charge >= 0.3 is 5.97 Å². The molecule has 36 heavy (non-hydrogen) atoms. The molecule has 0 amide bonds. The summed E-state index contributed by atoms with van der Waals surface area (Å²) < 4.78 is 0. The normalized spacial score (nSPS) is 9.64. The first-order valence-electron chi connectivity index (χ1n) is 10.7. The van der Waals surface area contributed by atoms with Crippen LogP contribution < -0.4 is 0 Å². The zero-order valence-electron chi connectivity index (χ0n) is 18.9. The summed E-state index contributed by atoms with van der Waals surface area (Å²) >= 11 is 0. The molecule has 3 aromatic carbocycles. The fourth-order valence-electron chi connectivity index (χ4n) is 3.29. The van der Waals surface area contributed by atoms with Crippen molar-refractivity contribution in [2.24, 2.45) is 0 Å². The number of carboxylic acids is 1. The molecule has 1 radical (unpaired) electrons. The molecule has 6 nitrogen and oxygen atoms in total.